The third-order valence-corrected chi connectivity index (χ3v) is 2.83. The Hall–Kier alpha value is -2.04. The van der Waals surface area contributed by atoms with E-state index in [0.717, 1.165) is 11.3 Å². The molecular weight excluding hydrogens is 218 g/mol. The van der Waals surface area contributed by atoms with Gasteiger partial charge in [-0.25, -0.2) is 0 Å². The number of amides is 2. The van der Waals surface area contributed by atoms with Crippen molar-refractivity contribution in [2.75, 3.05) is 11.1 Å². The number of nitrogens with one attached hydrogen (secondary N) is 2. The summed E-state index contributed by atoms with van der Waals surface area (Å²) < 4.78 is 0. The highest BCUT2D eigenvalue weighted by Crippen LogP contribution is 2.20. The third kappa shape index (κ3) is 2.55. The number of benzene rings is 1. The molecule has 4 N–H and O–H groups in total. The maximum Gasteiger partial charge on any atom is 0.249 e. The SMILES string of the molecule is Cc1ccc(N)cc1NC1CCC(=O)NC1=O. The van der Waals surface area contributed by atoms with Gasteiger partial charge in [0, 0.05) is 17.8 Å². The minimum atomic E-state index is -0.367. The molecule has 1 aliphatic rings. The van der Waals surface area contributed by atoms with Crippen LogP contribution >= 0.6 is 0 Å². The number of imide groups is 1. The van der Waals surface area contributed by atoms with Gasteiger partial charge in [-0.3, -0.25) is 14.9 Å². The van der Waals surface area contributed by atoms with E-state index in [2.05, 4.69) is 10.6 Å². The Kier molecular flexibility index (Phi) is 2.99. The first-order valence-corrected chi connectivity index (χ1v) is 5.52. The van der Waals surface area contributed by atoms with E-state index in [1.165, 1.54) is 0 Å². The second-order valence-corrected chi connectivity index (χ2v) is 4.22. The summed E-state index contributed by atoms with van der Waals surface area (Å²) in [5.74, 6) is -0.486. The fraction of sp³-hybridized carbons (Fsp3) is 0.333. The van der Waals surface area contributed by atoms with Gasteiger partial charge in [-0.05, 0) is 31.0 Å². The van der Waals surface area contributed by atoms with Crippen molar-refractivity contribution in [3.63, 3.8) is 0 Å². The second-order valence-electron chi connectivity index (χ2n) is 4.22. The molecule has 1 heterocycles. The lowest BCUT2D eigenvalue weighted by molar-refractivity contribution is -0.133. The number of nitrogen functional groups attached to an aromatic ring is 1. The van der Waals surface area contributed by atoms with Gasteiger partial charge in [0.15, 0.2) is 0 Å². The van der Waals surface area contributed by atoms with Crippen LogP contribution in [0.4, 0.5) is 11.4 Å². The number of carbonyl (C=O) groups excluding carboxylic acids is 2. The summed E-state index contributed by atoms with van der Waals surface area (Å²) in [6.45, 7) is 1.94. The number of piperidine rings is 1. The standard InChI is InChI=1S/C12H15N3O2/c1-7-2-3-8(13)6-10(7)14-9-4-5-11(16)15-12(9)17/h2-3,6,9,14H,4-5,13H2,1H3,(H,15,16,17). The number of nitrogens with two attached hydrogens (primary N) is 1. The molecule has 1 saturated heterocycles. The summed E-state index contributed by atoms with van der Waals surface area (Å²) in [4.78, 5) is 22.6. The molecule has 1 unspecified atom stereocenters. The van der Waals surface area contributed by atoms with Crippen LogP contribution in [0.25, 0.3) is 0 Å². The third-order valence-electron chi connectivity index (χ3n) is 2.83. The summed E-state index contributed by atoms with van der Waals surface area (Å²) >= 11 is 0. The number of hydrogen-bond acceptors (Lipinski definition) is 4. The summed E-state index contributed by atoms with van der Waals surface area (Å²) in [7, 11) is 0. The fourth-order valence-corrected chi connectivity index (χ4v) is 1.81. The molecule has 1 aromatic rings. The Bertz CT molecular complexity index is 471. The lowest BCUT2D eigenvalue weighted by Gasteiger charge is -2.23. The van der Waals surface area contributed by atoms with E-state index in [1.807, 2.05) is 19.1 Å². The molecule has 0 aliphatic carbocycles. The van der Waals surface area contributed by atoms with Crippen LogP contribution < -0.4 is 16.4 Å². The van der Waals surface area contributed by atoms with Gasteiger partial charge in [-0.15, -0.1) is 0 Å². The van der Waals surface area contributed by atoms with E-state index in [-0.39, 0.29) is 17.9 Å². The molecule has 0 bridgehead atoms. The molecule has 1 aromatic carbocycles. The van der Waals surface area contributed by atoms with Crippen molar-refractivity contribution < 1.29 is 9.59 Å². The Morgan fingerprint density at radius 1 is 1.41 bits per heavy atom. The number of aryl methyl sites for hydroxylation is 1. The largest absolute Gasteiger partial charge is 0.399 e. The molecule has 0 saturated carbocycles. The molecule has 0 spiro atoms. The van der Waals surface area contributed by atoms with Crippen LogP contribution in [0.2, 0.25) is 0 Å². The van der Waals surface area contributed by atoms with Crippen molar-refractivity contribution in [1.29, 1.82) is 0 Å². The molecule has 1 fully saturated rings. The van der Waals surface area contributed by atoms with E-state index in [0.29, 0.717) is 18.5 Å². The van der Waals surface area contributed by atoms with Crippen LogP contribution in [0.1, 0.15) is 18.4 Å². The fourth-order valence-electron chi connectivity index (χ4n) is 1.81. The van der Waals surface area contributed by atoms with Crippen molar-refractivity contribution in [1.82, 2.24) is 5.32 Å². The van der Waals surface area contributed by atoms with E-state index < -0.39 is 0 Å². The molecule has 5 heteroatoms. The highest BCUT2D eigenvalue weighted by Gasteiger charge is 2.26. The van der Waals surface area contributed by atoms with Gasteiger partial charge >= 0.3 is 0 Å². The van der Waals surface area contributed by atoms with Crippen molar-refractivity contribution in [3.05, 3.63) is 23.8 Å². The Labute approximate surface area is 99.4 Å². The highest BCUT2D eigenvalue weighted by molar-refractivity contribution is 6.01. The molecule has 90 valence electrons. The zero-order valence-corrected chi connectivity index (χ0v) is 9.62. The minimum Gasteiger partial charge on any atom is -0.399 e. The normalized spacial score (nSPS) is 19.9. The minimum absolute atomic E-state index is 0.211. The Morgan fingerprint density at radius 3 is 2.88 bits per heavy atom. The molecule has 1 atom stereocenters. The molecule has 5 nitrogen and oxygen atoms in total. The van der Waals surface area contributed by atoms with Crippen LogP contribution in [-0.4, -0.2) is 17.9 Å². The summed E-state index contributed by atoms with van der Waals surface area (Å²) in [6.07, 6.45) is 0.879. The highest BCUT2D eigenvalue weighted by atomic mass is 16.2. The van der Waals surface area contributed by atoms with Crippen LogP contribution in [-0.2, 0) is 9.59 Å². The van der Waals surface area contributed by atoms with Crippen molar-refractivity contribution in [3.8, 4) is 0 Å². The lowest BCUT2D eigenvalue weighted by Crippen LogP contribution is -2.47. The Morgan fingerprint density at radius 2 is 2.18 bits per heavy atom. The molecule has 17 heavy (non-hydrogen) atoms. The summed E-state index contributed by atoms with van der Waals surface area (Å²) in [5, 5.41) is 5.43. The molecule has 2 rings (SSSR count). The van der Waals surface area contributed by atoms with Gasteiger partial charge in [0.2, 0.25) is 11.8 Å². The molecule has 0 aromatic heterocycles. The average molecular weight is 233 g/mol. The van der Waals surface area contributed by atoms with Gasteiger partial charge in [0.05, 0.1) is 0 Å². The van der Waals surface area contributed by atoms with Crippen molar-refractivity contribution in [2.45, 2.75) is 25.8 Å². The van der Waals surface area contributed by atoms with Crippen LogP contribution in [0, 0.1) is 6.92 Å². The Balaban J connectivity index is 2.13. The maximum absolute atomic E-state index is 11.6. The van der Waals surface area contributed by atoms with Gasteiger partial charge in [-0.1, -0.05) is 6.07 Å². The van der Waals surface area contributed by atoms with Gasteiger partial charge < -0.3 is 11.1 Å². The van der Waals surface area contributed by atoms with Crippen molar-refractivity contribution in [2.24, 2.45) is 0 Å². The smallest absolute Gasteiger partial charge is 0.249 e. The first-order valence-electron chi connectivity index (χ1n) is 5.52. The topological polar surface area (TPSA) is 84.2 Å². The lowest BCUT2D eigenvalue weighted by atomic mass is 10.0. The second kappa shape index (κ2) is 4.45. The van der Waals surface area contributed by atoms with E-state index in [1.54, 1.807) is 6.07 Å². The van der Waals surface area contributed by atoms with E-state index >= 15 is 0 Å². The maximum atomic E-state index is 11.6. The van der Waals surface area contributed by atoms with Crippen molar-refractivity contribution >= 4 is 23.2 Å². The predicted molar refractivity (Wildman–Crippen MR) is 65.4 cm³/mol. The summed E-state index contributed by atoms with van der Waals surface area (Å²) in [5.41, 5.74) is 8.19. The average Bonchev–Trinajstić information content (AvgIpc) is 2.27. The molecular formula is C12H15N3O2. The number of anilines is 2. The number of rotatable bonds is 2. The number of hydrogen-bond donors (Lipinski definition) is 3. The summed E-state index contributed by atoms with van der Waals surface area (Å²) in [6, 6.07) is 5.13. The van der Waals surface area contributed by atoms with Crippen LogP contribution in [0.5, 0.6) is 0 Å². The van der Waals surface area contributed by atoms with Crippen LogP contribution in [0.3, 0.4) is 0 Å². The van der Waals surface area contributed by atoms with E-state index in [9.17, 15) is 9.59 Å². The first kappa shape index (κ1) is 11.4. The molecule has 2 amide bonds. The van der Waals surface area contributed by atoms with Crippen LogP contribution in [0.15, 0.2) is 18.2 Å². The van der Waals surface area contributed by atoms with Gasteiger partial charge in [-0.2, -0.15) is 0 Å². The quantitative estimate of drug-likeness (QED) is 0.521. The predicted octanol–water partition coefficient (Wildman–Crippen LogP) is 0.794. The van der Waals surface area contributed by atoms with Gasteiger partial charge in [0.1, 0.15) is 6.04 Å². The van der Waals surface area contributed by atoms with Gasteiger partial charge in [0.25, 0.3) is 0 Å². The zero-order chi connectivity index (χ0) is 12.4. The first-order chi connectivity index (χ1) is 8.06. The zero-order valence-electron chi connectivity index (χ0n) is 9.62. The van der Waals surface area contributed by atoms with E-state index in [4.69, 9.17) is 5.73 Å². The molecule has 0 radical (unpaired) electrons. The molecule has 1 aliphatic heterocycles. The monoisotopic (exact) mass is 233 g/mol. The number of carbonyl (C=O) groups is 2.